The van der Waals surface area contributed by atoms with Crippen LogP contribution in [0.1, 0.15) is 110 Å². The summed E-state index contributed by atoms with van der Waals surface area (Å²) in [5.74, 6) is -0.133. The Kier molecular flexibility index (Phi) is 15.9. The second-order valence-corrected chi connectivity index (χ2v) is 8.46. The Bertz CT molecular complexity index is 427. The topological polar surface area (TPSA) is 55.8 Å². The largest absolute Gasteiger partial charge is 0.466 e. The zero-order valence-corrected chi connectivity index (χ0v) is 19.1. The van der Waals surface area contributed by atoms with Crippen LogP contribution in [0, 0.1) is 0 Å². The van der Waals surface area contributed by atoms with E-state index in [-0.39, 0.29) is 18.0 Å². The van der Waals surface area contributed by atoms with Crippen LogP contribution in [0.2, 0.25) is 0 Å². The van der Waals surface area contributed by atoms with Crippen molar-refractivity contribution in [2.75, 3.05) is 26.2 Å². The number of hydrogen-bond acceptors (Lipinski definition) is 5. The van der Waals surface area contributed by atoms with Gasteiger partial charge in [0.15, 0.2) is 0 Å². The second-order valence-electron chi connectivity index (χ2n) is 8.46. The smallest absolute Gasteiger partial charge is 0.306 e. The molecule has 0 aliphatic carbocycles. The van der Waals surface area contributed by atoms with Crippen LogP contribution in [0.15, 0.2) is 0 Å². The molecule has 0 aromatic rings. The molecule has 0 aromatic heterocycles. The summed E-state index contributed by atoms with van der Waals surface area (Å²) in [4.78, 5) is 25.7. The zero-order valence-electron chi connectivity index (χ0n) is 19.1. The van der Waals surface area contributed by atoms with Crippen molar-refractivity contribution in [3.63, 3.8) is 0 Å². The summed E-state index contributed by atoms with van der Waals surface area (Å²) in [6, 6.07) is 0. The summed E-state index contributed by atoms with van der Waals surface area (Å²) < 4.78 is 10.8. The number of carbonyl (C=O) groups is 2. The Morgan fingerprint density at radius 1 is 0.793 bits per heavy atom. The first-order chi connectivity index (χ1) is 14.2. The molecule has 1 atom stereocenters. The number of carbonyl (C=O) groups excluding carboxylic acids is 2. The van der Waals surface area contributed by atoms with E-state index in [1.54, 1.807) is 0 Å². The van der Waals surface area contributed by atoms with Crippen LogP contribution in [0.5, 0.6) is 0 Å². The van der Waals surface area contributed by atoms with Gasteiger partial charge in [0.1, 0.15) is 6.10 Å². The van der Waals surface area contributed by atoms with Crippen LogP contribution in [-0.4, -0.2) is 49.2 Å². The molecule has 0 spiro atoms. The van der Waals surface area contributed by atoms with E-state index < -0.39 is 0 Å². The molecule has 0 N–H and O–H groups in total. The van der Waals surface area contributed by atoms with E-state index in [4.69, 9.17) is 9.47 Å². The van der Waals surface area contributed by atoms with Crippen LogP contribution in [0.25, 0.3) is 0 Å². The molecule has 1 rings (SSSR count). The lowest BCUT2D eigenvalue weighted by molar-refractivity contribution is -0.148. The van der Waals surface area contributed by atoms with Gasteiger partial charge >= 0.3 is 11.9 Å². The number of ether oxygens (including phenoxy) is 2. The molecule has 0 saturated carbocycles. The molecule has 170 valence electrons. The lowest BCUT2D eigenvalue weighted by Gasteiger charge is -2.16. The van der Waals surface area contributed by atoms with Crippen LogP contribution in [0.3, 0.4) is 0 Å². The normalized spacial score (nSPS) is 16.8. The highest BCUT2D eigenvalue weighted by atomic mass is 16.5. The molecule has 29 heavy (non-hydrogen) atoms. The highest BCUT2D eigenvalue weighted by Crippen LogP contribution is 2.15. The number of hydrogen-bond donors (Lipinski definition) is 0. The van der Waals surface area contributed by atoms with Crippen molar-refractivity contribution in [1.82, 2.24) is 4.90 Å². The third-order valence-electron chi connectivity index (χ3n) is 5.60. The van der Waals surface area contributed by atoms with Gasteiger partial charge in [-0.05, 0) is 38.6 Å². The Labute approximate surface area is 178 Å². The fourth-order valence-electron chi connectivity index (χ4n) is 3.82. The van der Waals surface area contributed by atoms with E-state index >= 15 is 0 Å². The summed E-state index contributed by atoms with van der Waals surface area (Å²) in [7, 11) is 0. The van der Waals surface area contributed by atoms with Crippen LogP contribution in [-0.2, 0) is 19.1 Å². The fourth-order valence-corrected chi connectivity index (χ4v) is 3.82. The van der Waals surface area contributed by atoms with E-state index in [0.29, 0.717) is 19.4 Å². The summed E-state index contributed by atoms with van der Waals surface area (Å²) in [6.07, 6.45) is 16.2. The van der Waals surface area contributed by atoms with Gasteiger partial charge < -0.3 is 9.47 Å². The number of likely N-dealkylation sites (tertiary alicyclic amines) is 1. The third-order valence-corrected chi connectivity index (χ3v) is 5.60. The van der Waals surface area contributed by atoms with Gasteiger partial charge in [-0.25, -0.2) is 0 Å². The van der Waals surface area contributed by atoms with Crippen molar-refractivity contribution in [1.29, 1.82) is 0 Å². The van der Waals surface area contributed by atoms with Crippen molar-refractivity contribution in [3.8, 4) is 0 Å². The quantitative estimate of drug-likeness (QED) is 0.215. The van der Waals surface area contributed by atoms with E-state index in [1.165, 1.54) is 51.4 Å². The summed E-state index contributed by atoms with van der Waals surface area (Å²) in [6.45, 7) is 7.59. The summed E-state index contributed by atoms with van der Waals surface area (Å²) in [5.41, 5.74) is 0. The maximum Gasteiger partial charge on any atom is 0.306 e. The first-order valence-electron chi connectivity index (χ1n) is 12.2. The molecule has 1 aliphatic rings. The average Bonchev–Trinajstić information content (AvgIpc) is 3.14. The number of esters is 2. The molecular formula is C24H45NO4. The van der Waals surface area contributed by atoms with E-state index in [0.717, 1.165) is 51.7 Å². The van der Waals surface area contributed by atoms with E-state index in [9.17, 15) is 9.59 Å². The Hall–Kier alpha value is -1.10. The van der Waals surface area contributed by atoms with Crippen LogP contribution >= 0.6 is 0 Å². The van der Waals surface area contributed by atoms with Crippen molar-refractivity contribution in [2.45, 2.75) is 116 Å². The predicted molar refractivity (Wildman–Crippen MR) is 118 cm³/mol. The lowest BCUT2D eigenvalue weighted by atomic mass is 10.1. The molecule has 1 unspecified atom stereocenters. The predicted octanol–water partition coefficient (Wildman–Crippen LogP) is 5.65. The van der Waals surface area contributed by atoms with Crippen molar-refractivity contribution >= 4 is 11.9 Å². The molecule has 1 aliphatic heterocycles. The molecule has 1 heterocycles. The van der Waals surface area contributed by atoms with Gasteiger partial charge in [0.25, 0.3) is 0 Å². The van der Waals surface area contributed by atoms with Crippen LogP contribution in [0.4, 0.5) is 0 Å². The lowest BCUT2D eigenvalue weighted by Crippen LogP contribution is -2.26. The Balaban J connectivity index is 1.88. The minimum Gasteiger partial charge on any atom is -0.466 e. The van der Waals surface area contributed by atoms with Crippen molar-refractivity contribution < 1.29 is 19.1 Å². The van der Waals surface area contributed by atoms with Gasteiger partial charge in [0.2, 0.25) is 0 Å². The first-order valence-corrected chi connectivity index (χ1v) is 12.2. The minimum atomic E-state index is -0.0749. The number of rotatable bonds is 18. The van der Waals surface area contributed by atoms with Gasteiger partial charge in [-0.3, -0.25) is 14.5 Å². The molecule has 5 nitrogen and oxygen atoms in total. The molecule has 0 aromatic carbocycles. The second kappa shape index (κ2) is 17.7. The third kappa shape index (κ3) is 14.5. The maximum atomic E-state index is 11.8. The number of nitrogens with zero attached hydrogens (tertiary/aromatic N) is 1. The Morgan fingerprint density at radius 3 is 2.17 bits per heavy atom. The number of unbranched alkanes of at least 4 members (excludes halogenated alkanes) is 9. The highest BCUT2D eigenvalue weighted by Gasteiger charge is 2.24. The van der Waals surface area contributed by atoms with Gasteiger partial charge in [-0.2, -0.15) is 0 Å². The van der Waals surface area contributed by atoms with Gasteiger partial charge in [0.05, 0.1) is 6.61 Å². The zero-order chi connectivity index (χ0) is 21.2. The first kappa shape index (κ1) is 25.9. The van der Waals surface area contributed by atoms with Gasteiger partial charge in [-0.15, -0.1) is 0 Å². The summed E-state index contributed by atoms with van der Waals surface area (Å²) in [5, 5.41) is 0. The van der Waals surface area contributed by atoms with Crippen molar-refractivity contribution in [3.05, 3.63) is 0 Å². The molecule has 0 radical (unpaired) electrons. The maximum absolute atomic E-state index is 11.8. The average molecular weight is 412 g/mol. The van der Waals surface area contributed by atoms with Gasteiger partial charge in [0, 0.05) is 25.9 Å². The Morgan fingerprint density at radius 2 is 1.48 bits per heavy atom. The van der Waals surface area contributed by atoms with Crippen molar-refractivity contribution in [2.24, 2.45) is 0 Å². The highest BCUT2D eigenvalue weighted by molar-refractivity contribution is 5.69. The molecule has 5 heteroatoms. The minimum absolute atomic E-state index is 0.0513. The molecule has 1 saturated heterocycles. The monoisotopic (exact) mass is 411 g/mol. The standard InChI is InChI=1S/C24H45NO4/c1-3-5-6-7-8-9-10-11-14-20-28-23(26)16-12-13-18-25-19-17-22(21-25)29-24(27)15-4-2/h22H,3-21H2,1-2H3. The van der Waals surface area contributed by atoms with Crippen LogP contribution < -0.4 is 0 Å². The van der Waals surface area contributed by atoms with E-state index in [2.05, 4.69) is 11.8 Å². The molecule has 0 bridgehead atoms. The SMILES string of the molecule is CCCCCCCCCCCOC(=O)CCCCN1CCC(OC(=O)CCC)C1. The summed E-state index contributed by atoms with van der Waals surface area (Å²) >= 11 is 0. The molecular weight excluding hydrogens is 366 g/mol. The fraction of sp³-hybridized carbons (Fsp3) is 0.917. The molecule has 1 fully saturated rings. The van der Waals surface area contributed by atoms with Gasteiger partial charge in [-0.1, -0.05) is 65.2 Å². The molecule has 0 amide bonds. The van der Waals surface area contributed by atoms with E-state index in [1.807, 2.05) is 6.92 Å².